The number of aromatic nitrogens is 3. The number of nitriles is 1. The standard InChI is InChI=1S/C12H5F3N4S/c1-5-8(4-16)19-12(17-5)20-11(18-19)6-2-3-7(13)10(15)9(6)14/h2-3H,1H3. The molecule has 0 saturated heterocycles. The summed E-state index contributed by atoms with van der Waals surface area (Å²) in [5.41, 5.74) is 0.565. The second-order valence-corrected chi connectivity index (χ2v) is 4.94. The summed E-state index contributed by atoms with van der Waals surface area (Å²) in [6.45, 7) is 1.65. The number of fused-ring (bicyclic) bond motifs is 1. The molecular formula is C12H5F3N4S. The van der Waals surface area contributed by atoms with Crippen LogP contribution in [0.3, 0.4) is 0 Å². The molecule has 2 aromatic heterocycles. The van der Waals surface area contributed by atoms with E-state index in [2.05, 4.69) is 10.1 Å². The van der Waals surface area contributed by atoms with Gasteiger partial charge in [-0.1, -0.05) is 11.3 Å². The summed E-state index contributed by atoms with van der Waals surface area (Å²) in [6, 6.07) is 3.86. The van der Waals surface area contributed by atoms with E-state index in [1.165, 1.54) is 4.52 Å². The third-order valence-corrected chi connectivity index (χ3v) is 3.69. The maximum Gasteiger partial charge on any atom is 0.213 e. The van der Waals surface area contributed by atoms with Crippen molar-refractivity contribution in [2.75, 3.05) is 0 Å². The van der Waals surface area contributed by atoms with Crippen molar-refractivity contribution < 1.29 is 13.2 Å². The lowest BCUT2D eigenvalue weighted by Gasteiger charge is -2.00. The fourth-order valence-electron chi connectivity index (χ4n) is 1.78. The van der Waals surface area contributed by atoms with E-state index in [0.29, 0.717) is 10.7 Å². The summed E-state index contributed by atoms with van der Waals surface area (Å²) in [5, 5.41) is 13.1. The van der Waals surface area contributed by atoms with Crippen molar-refractivity contribution in [2.24, 2.45) is 0 Å². The predicted octanol–water partition coefficient (Wildman–Crippen LogP) is 3.06. The summed E-state index contributed by atoms with van der Waals surface area (Å²) < 4.78 is 41.1. The van der Waals surface area contributed by atoms with Gasteiger partial charge in [0.2, 0.25) is 4.96 Å². The Balaban J connectivity index is 2.24. The molecule has 0 spiro atoms. The number of rotatable bonds is 1. The van der Waals surface area contributed by atoms with Gasteiger partial charge in [-0.05, 0) is 19.1 Å². The number of hydrogen-bond donors (Lipinski definition) is 0. The molecule has 0 fully saturated rings. The summed E-state index contributed by atoms with van der Waals surface area (Å²) in [7, 11) is 0. The molecule has 2 heterocycles. The third-order valence-electron chi connectivity index (χ3n) is 2.75. The molecule has 0 atom stereocenters. The Morgan fingerprint density at radius 1 is 1.25 bits per heavy atom. The molecule has 0 aliphatic rings. The van der Waals surface area contributed by atoms with Gasteiger partial charge in [0.15, 0.2) is 28.2 Å². The molecule has 100 valence electrons. The van der Waals surface area contributed by atoms with Crippen molar-refractivity contribution in [3.63, 3.8) is 0 Å². The Labute approximate surface area is 114 Å². The Morgan fingerprint density at radius 2 is 2.00 bits per heavy atom. The first-order valence-corrected chi connectivity index (χ1v) is 6.24. The monoisotopic (exact) mass is 294 g/mol. The third kappa shape index (κ3) is 1.67. The average Bonchev–Trinajstić information content (AvgIpc) is 2.92. The zero-order valence-corrected chi connectivity index (χ0v) is 10.8. The molecule has 3 aromatic rings. The molecule has 1 aromatic carbocycles. The van der Waals surface area contributed by atoms with Gasteiger partial charge >= 0.3 is 0 Å². The van der Waals surface area contributed by atoms with Crippen LogP contribution in [0.5, 0.6) is 0 Å². The van der Waals surface area contributed by atoms with Gasteiger partial charge in [-0.25, -0.2) is 18.2 Å². The van der Waals surface area contributed by atoms with Gasteiger partial charge in [-0.2, -0.15) is 14.9 Å². The molecule has 8 heteroatoms. The Bertz CT molecular complexity index is 875. The molecule has 0 aliphatic heterocycles. The second-order valence-electron chi connectivity index (χ2n) is 3.98. The maximum atomic E-state index is 13.7. The molecule has 0 N–H and O–H groups in total. The van der Waals surface area contributed by atoms with Crippen molar-refractivity contribution in [3.05, 3.63) is 41.0 Å². The van der Waals surface area contributed by atoms with Crippen LogP contribution in [0.4, 0.5) is 13.2 Å². The minimum atomic E-state index is -1.55. The van der Waals surface area contributed by atoms with E-state index in [1.807, 2.05) is 6.07 Å². The van der Waals surface area contributed by atoms with Gasteiger partial charge < -0.3 is 0 Å². The maximum absolute atomic E-state index is 13.7. The SMILES string of the molecule is Cc1nc2sc(-c3ccc(F)c(F)c3F)nn2c1C#N. The Kier molecular flexibility index (Phi) is 2.72. The van der Waals surface area contributed by atoms with E-state index in [0.717, 1.165) is 23.5 Å². The summed E-state index contributed by atoms with van der Waals surface area (Å²) >= 11 is 0.990. The summed E-state index contributed by atoms with van der Waals surface area (Å²) in [5.74, 6) is -4.12. The number of aryl methyl sites for hydroxylation is 1. The van der Waals surface area contributed by atoms with Crippen LogP contribution < -0.4 is 0 Å². The number of imidazole rings is 1. The van der Waals surface area contributed by atoms with Crippen LogP contribution in [0, 0.1) is 35.7 Å². The van der Waals surface area contributed by atoms with E-state index < -0.39 is 17.5 Å². The van der Waals surface area contributed by atoms with Crippen LogP contribution >= 0.6 is 11.3 Å². The fraction of sp³-hybridized carbons (Fsp3) is 0.0833. The van der Waals surface area contributed by atoms with Crippen molar-refractivity contribution >= 4 is 16.3 Å². The number of halogens is 3. The highest BCUT2D eigenvalue weighted by Crippen LogP contribution is 2.30. The topological polar surface area (TPSA) is 54.0 Å². The molecule has 4 nitrogen and oxygen atoms in total. The van der Waals surface area contributed by atoms with Gasteiger partial charge in [0, 0.05) is 0 Å². The highest BCUT2D eigenvalue weighted by Gasteiger charge is 2.20. The van der Waals surface area contributed by atoms with Crippen LogP contribution in [0.15, 0.2) is 12.1 Å². The first-order valence-electron chi connectivity index (χ1n) is 5.43. The first kappa shape index (κ1) is 12.6. The molecule has 3 rings (SSSR count). The van der Waals surface area contributed by atoms with E-state index >= 15 is 0 Å². The van der Waals surface area contributed by atoms with Crippen molar-refractivity contribution in [1.82, 2.24) is 14.6 Å². The molecule has 0 saturated carbocycles. The minimum absolute atomic E-state index is 0.125. The quantitative estimate of drug-likeness (QED) is 0.648. The highest BCUT2D eigenvalue weighted by atomic mass is 32.1. The molecular weight excluding hydrogens is 289 g/mol. The second kappa shape index (κ2) is 4.31. The predicted molar refractivity (Wildman–Crippen MR) is 65.6 cm³/mol. The molecule has 0 amide bonds. The van der Waals surface area contributed by atoms with Gasteiger partial charge in [-0.3, -0.25) is 0 Å². The van der Waals surface area contributed by atoms with Crippen LogP contribution in [-0.2, 0) is 0 Å². The first-order chi connectivity index (χ1) is 9.52. The Hall–Kier alpha value is -2.40. The minimum Gasteiger partial charge on any atom is -0.221 e. The largest absolute Gasteiger partial charge is 0.221 e. The lowest BCUT2D eigenvalue weighted by atomic mass is 10.2. The molecule has 0 aliphatic carbocycles. The van der Waals surface area contributed by atoms with Gasteiger partial charge in [0.05, 0.1) is 11.3 Å². The Morgan fingerprint density at radius 3 is 2.70 bits per heavy atom. The van der Waals surface area contributed by atoms with E-state index in [-0.39, 0.29) is 16.3 Å². The number of nitrogens with zero attached hydrogens (tertiary/aromatic N) is 4. The normalized spacial score (nSPS) is 10.9. The van der Waals surface area contributed by atoms with Gasteiger partial charge in [0.25, 0.3) is 0 Å². The van der Waals surface area contributed by atoms with Crippen LogP contribution in [-0.4, -0.2) is 14.6 Å². The van der Waals surface area contributed by atoms with Crippen LogP contribution in [0.1, 0.15) is 11.4 Å². The van der Waals surface area contributed by atoms with Crippen molar-refractivity contribution in [3.8, 4) is 16.6 Å². The summed E-state index contributed by atoms with van der Waals surface area (Å²) in [6.07, 6.45) is 0. The van der Waals surface area contributed by atoms with Crippen LogP contribution in [0.2, 0.25) is 0 Å². The van der Waals surface area contributed by atoms with Crippen LogP contribution in [0.25, 0.3) is 15.5 Å². The average molecular weight is 294 g/mol. The molecule has 20 heavy (non-hydrogen) atoms. The zero-order chi connectivity index (χ0) is 14.4. The van der Waals surface area contributed by atoms with Crippen molar-refractivity contribution in [1.29, 1.82) is 5.26 Å². The number of hydrogen-bond acceptors (Lipinski definition) is 4. The fourth-order valence-corrected chi connectivity index (χ4v) is 2.74. The smallest absolute Gasteiger partial charge is 0.213 e. The number of benzene rings is 1. The molecule has 0 unspecified atom stereocenters. The highest BCUT2D eigenvalue weighted by molar-refractivity contribution is 7.19. The van der Waals surface area contributed by atoms with Gasteiger partial charge in [0.1, 0.15) is 6.07 Å². The van der Waals surface area contributed by atoms with Gasteiger partial charge in [-0.15, -0.1) is 0 Å². The lowest BCUT2D eigenvalue weighted by molar-refractivity contribution is 0.449. The van der Waals surface area contributed by atoms with E-state index in [4.69, 9.17) is 5.26 Å². The molecule has 0 radical (unpaired) electrons. The van der Waals surface area contributed by atoms with E-state index in [9.17, 15) is 13.2 Å². The lowest BCUT2D eigenvalue weighted by Crippen LogP contribution is -1.95. The van der Waals surface area contributed by atoms with Crippen molar-refractivity contribution in [2.45, 2.75) is 6.92 Å². The molecule has 0 bridgehead atoms. The zero-order valence-electron chi connectivity index (χ0n) is 9.99. The van der Waals surface area contributed by atoms with E-state index in [1.54, 1.807) is 6.92 Å². The summed E-state index contributed by atoms with van der Waals surface area (Å²) in [4.78, 5) is 4.49.